The Balaban J connectivity index is 2.13. The summed E-state index contributed by atoms with van der Waals surface area (Å²) in [5.74, 6) is 0.629. The zero-order valence-electron chi connectivity index (χ0n) is 10.9. The van der Waals surface area contributed by atoms with E-state index in [1.807, 2.05) is 17.5 Å². The fraction of sp³-hybridized carbons (Fsp3) is 0.417. The van der Waals surface area contributed by atoms with Gasteiger partial charge in [-0.3, -0.25) is 9.36 Å². The van der Waals surface area contributed by atoms with Crippen LogP contribution in [0.3, 0.4) is 0 Å². The molecule has 0 aliphatic carbocycles. The van der Waals surface area contributed by atoms with Gasteiger partial charge in [0.1, 0.15) is 0 Å². The first-order chi connectivity index (χ1) is 9.13. The van der Waals surface area contributed by atoms with Crippen LogP contribution in [0.5, 0.6) is 0 Å². The minimum atomic E-state index is -0.172. The van der Waals surface area contributed by atoms with Gasteiger partial charge in [0.25, 0.3) is 0 Å². The van der Waals surface area contributed by atoms with E-state index in [4.69, 9.17) is 0 Å². The van der Waals surface area contributed by atoms with Crippen molar-refractivity contribution in [3.8, 4) is 10.7 Å². The molecule has 0 radical (unpaired) electrons. The normalized spacial score (nSPS) is 10.6. The molecule has 2 aromatic heterocycles. The summed E-state index contributed by atoms with van der Waals surface area (Å²) in [4.78, 5) is 24.1. The summed E-state index contributed by atoms with van der Waals surface area (Å²) in [6.07, 6.45) is 0.442. The lowest BCUT2D eigenvalue weighted by atomic mass is 10.4. The van der Waals surface area contributed by atoms with Gasteiger partial charge in [-0.15, -0.1) is 16.4 Å². The van der Waals surface area contributed by atoms with Crippen LogP contribution < -0.4 is 11.0 Å². The molecule has 2 aromatic rings. The third kappa shape index (κ3) is 2.93. The second-order valence-corrected chi connectivity index (χ2v) is 5.02. The van der Waals surface area contributed by atoms with Crippen LogP contribution in [0.1, 0.15) is 13.3 Å². The summed E-state index contributed by atoms with van der Waals surface area (Å²) in [7, 11) is 1.70. The van der Waals surface area contributed by atoms with Crippen molar-refractivity contribution in [1.82, 2.24) is 19.7 Å². The van der Waals surface area contributed by atoms with Crippen molar-refractivity contribution in [1.29, 1.82) is 0 Å². The Bertz CT molecular complexity index is 612. The van der Waals surface area contributed by atoms with Gasteiger partial charge in [-0.25, -0.2) is 9.48 Å². The highest BCUT2D eigenvalue weighted by Gasteiger charge is 2.12. The Labute approximate surface area is 114 Å². The molecule has 6 nitrogen and oxygen atoms in total. The monoisotopic (exact) mass is 280 g/mol. The smallest absolute Gasteiger partial charge is 0.346 e. The Kier molecular flexibility index (Phi) is 4.16. The van der Waals surface area contributed by atoms with Gasteiger partial charge in [0.05, 0.1) is 11.4 Å². The highest BCUT2D eigenvalue weighted by Crippen LogP contribution is 2.20. The first kappa shape index (κ1) is 13.5. The van der Waals surface area contributed by atoms with Gasteiger partial charge in [0.2, 0.25) is 5.91 Å². The number of thiophene rings is 1. The van der Waals surface area contributed by atoms with Crippen molar-refractivity contribution in [3.63, 3.8) is 0 Å². The maximum absolute atomic E-state index is 12.0. The number of hydrogen-bond acceptors (Lipinski definition) is 4. The zero-order valence-corrected chi connectivity index (χ0v) is 11.7. The second-order valence-electron chi connectivity index (χ2n) is 4.07. The molecule has 0 aromatic carbocycles. The van der Waals surface area contributed by atoms with E-state index in [1.54, 1.807) is 14.0 Å². The fourth-order valence-electron chi connectivity index (χ4n) is 1.68. The fourth-order valence-corrected chi connectivity index (χ4v) is 2.42. The molecule has 2 heterocycles. The van der Waals surface area contributed by atoms with Crippen LogP contribution in [0.25, 0.3) is 10.7 Å². The van der Waals surface area contributed by atoms with Crippen LogP contribution in [-0.4, -0.2) is 26.8 Å². The van der Waals surface area contributed by atoms with Gasteiger partial charge in [-0.2, -0.15) is 0 Å². The summed E-state index contributed by atoms with van der Waals surface area (Å²) in [5, 5.41) is 8.97. The molecule has 0 aliphatic heterocycles. The average Bonchev–Trinajstić information content (AvgIpc) is 3.02. The Morgan fingerprint density at radius 1 is 1.53 bits per heavy atom. The van der Waals surface area contributed by atoms with Crippen molar-refractivity contribution in [3.05, 3.63) is 28.0 Å². The van der Waals surface area contributed by atoms with Crippen LogP contribution in [0.4, 0.5) is 0 Å². The standard InChI is InChI=1S/C12H16N4O2S/c1-3-10(17)13-6-7-16-12(18)15(2)11(14-16)9-5-4-8-19-9/h4-5,8H,3,6-7H2,1-2H3,(H,13,17). The van der Waals surface area contributed by atoms with Gasteiger partial charge in [-0.05, 0) is 11.4 Å². The molecule has 0 atom stereocenters. The van der Waals surface area contributed by atoms with E-state index in [9.17, 15) is 9.59 Å². The number of carbonyl (C=O) groups is 1. The van der Waals surface area contributed by atoms with Crippen molar-refractivity contribution in [2.45, 2.75) is 19.9 Å². The predicted molar refractivity (Wildman–Crippen MR) is 74.1 cm³/mol. The van der Waals surface area contributed by atoms with E-state index in [0.717, 1.165) is 4.88 Å². The lowest BCUT2D eigenvalue weighted by Crippen LogP contribution is -2.31. The summed E-state index contributed by atoms with van der Waals surface area (Å²) in [5.41, 5.74) is -0.172. The van der Waals surface area contributed by atoms with Gasteiger partial charge in [0, 0.05) is 20.0 Å². The molecule has 0 saturated carbocycles. The van der Waals surface area contributed by atoms with Crippen molar-refractivity contribution >= 4 is 17.2 Å². The van der Waals surface area contributed by atoms with Gasteiger partial charge in [0.15, 0.2) is 5.82 Å². The summed E-state index contributed by atoms with van der Waals surface area (Å²) in [6.45, 7) is 2.58. The molecule has 1 amide bonds. The number of nitrogens with zero attached hydrogens (tertiary/aromatic N) is 3. The Morgan fingerprint density at radius 3 is 2.95 bits per heavy atom. The quantitative estimate of drug-likeness (QED) is 0.882. The molecule has 0 bridgehead atoms. The van der Waals surface area contributed by atoms with Crippen molar-refractivity contribution in [2.24, 2.45) is 7.05 Å². The van der Waals surface area contributed by atoms with E-state index in [-0.39, 0.29) is 11.6 Å². The van der Waals surface area contributed by atoms with Gasteiger partial charge >= 0.3 is 5.69 Å². The molecule has 0 fully saturated rings. The van der Waals surface area contributed by atoms with Gasteiger partial charge in [-0.1, -0.05) is 13.0 Å². The summed E-state index contributed by atoms with van der Waals surface area (Å²) in [6, 6.07) is 3.85. The molecule has 7 heteroatoms. The number of aromatic nitrogens is 3. The topological polar surface area (TPSA) is 68.9 Å². The van der Waals surface area contributed by atoms with Crippen molar-refractivity contribution in [2.75, 3.05) is 6.54 Å². The van der Waals surface area contributed by atoms with Crippen LogP contribution in [-0.2, 0) is 18.4 Å². The largest absolute Gasteiger partial charge is 0.354 e. The number of nitrogens with one attached hydrogen (secondary N) is 1. The molecule has 2 rings (SSSR count). The first-order valence-corrected chi connectivity index (χ1v) is 6.96. The average molecular weight is 280 g/mol. The number of amides is 1. The molecule has 19 heavy (non-hydrogen) atoms. The number of hydrogen-bond donors (Lipinski definition) is 1. The van der Waals surface area contributed by atoms with Crippen LogP contribution >= 0.6 is 11.3 Å². The maximum atomic E-state index is 12.0. The third-order valence-corrected chi connectivity index (χ3v) is 3.62. The van der Waals surface area contributed by atoms with E-state index in [2.05, 4.69) is 10.4 Å². The zero-order chi connectivity index (χ0) is 13.8. The minimum Gasteiger partial charge on any atom is -0.354 e. The predicted octanol–water partition coefficient (Wildman–Crippen LogP) is 0.836. The number of carbonyl (C=O) groups excluding carboxylic acids is 1. The van der Waals surface area contributed by atoms with E-state index in [1.165, 1.54) is 20.6 Å². The molecule has 0 unspecified atom stereocenters. The lowest BCUT2D eigenvalue weighted by Gasteiger charge is -2.01. The Morgan fingerprint density at radius 2 is 2.32 bits per heavy atom. The van der Waals surface area contributed by atoms with Crippen molar-refractivity contribution < 1.29 is 4.79 Å². The Hall–Kier alpha value is -1.89. The summed E-state index contributed by atoms with van der Waals surface area (Å²) < 4.78 is 2.90. The van der Waals surface area contributed by atoms with Crippen LogP contribution in [0.15, 0.2) is 22.3 Å². The van der Waals surface area contributed by atoms with E-state index >= 15 is 0 Å². The molecule has 0 spiro atoms. The maximum Gasteiger partial charge on any atom is 0.346 e. The lowest BCUT2D eigenvalue weighted by molar-refractivity contribution is -0.120. The number of rotatable bonds is 5. The highest BCUT2D eigenvalue weighted by molar-refractivity contribution is 7.13. The highest BCUT2D eigenvalue weighted by atomic mass is 32.1. The molecule has 102 valence electrons. The van der Waals surface area contributed by atoms with E-state index < -0.39 is 0 Å². The molecule has 0 saturated heterocycles. The molecular formula is C12H16N4O2S. The summed E-state index contributed by atoms with van der Waals surface area (Å²) >= 11 is 1.54. The van der Waals surface area contributed by atoms with E-state index in [0.29, 0.717) is 25.3 Å². The molecule has 0 aliphatic rings. The minimum absolute atomic E-state index is 0.0255. The van der Waals surface area contributed by atoms with Crippen LogP contribution in [0, 0.1) is 0 Å². The van der Waals surface area contributed by atoms with Crippen LogP contribution in [0.2, 0.25) is 0 Å². The van der Waals surface area contributed by atoms with Gasteiger partial charge < -0.3 is 5.32 Å². The SMILES string of the molecule is CCC(=O)NCCn1nc(-c2cccs2)n(C)c1=O. The molecule has 1 N–H and O–H groups in total. The molecular weight excluding hydrogens is 264 g/mol. The second kappa shape index (κ2) is 5.83. The third-order valence-electron chi connectivity index (χ3n) is 2.75. The first-order valence-electron chi connectivity index (χ1n) is 6.08.